The zero-order chi connectivity index (χ0) is 26.5. The molecule has 36 heavy (non-hydrogen) atoms. The van der Waals surface area contributed by atoms with Crippen molar-refractivity contribution in [1.29, 1.82) is 0 Å². The highest BCUT2D eigenvalue weighted by Gasteiger charge is 2.26. The number of hydrogen-bond donors (Lipinski definition) is 0. The SMILES string of the molecule is CCS(=O)(=O)N1CCN(CC(=O)CCc2ccc(Cl)c(Oc3ccc(OC)c(C(C)C)c3)c2Cl)CC1. The molecular weight excluding hydrogens is 523 g/mol. The largest absolute Gasteiger partial charge is 0.496 e. The minimum Gasteiger partial charge on any atom is -0.496 e. The Hall–Kier alpha value is -1.84. The molecule has 10 heteroatoms. The van der Waals surface area contributed by atoms with Gasteiger partial charge in [0.05, 0.1) is 29.5 Å². The van der Waals surface area contributed by atoms with Gasteiger partial charge in [-0.15, -0.1) is 0 Å². The van der Waals surface area contributed by atoms with Crippen LogP contribution in [0.3, 0.4) is 0 Å². The lowest BCUT2D eigenvalue weighted by atomic mass is 10.0. The van der Waals surface area contributed by atoms with Gasteiger partial charge in [-0.05, 0) is 49.1 Å². The van der Waals surface area contributed by atoms with Crippen molar-refractivity contribution in [2.24, 2.45) is 0 Å². The van der Waals surface area contributed by atoms with Crippen LogP contribution in [0.4, 0.5) is 0 Å². The topological polar surface area (TPSA) is 76.2 Å². The first-order valence-corrected chi connectivity index (χ1v) is 14.5. The predicted molar refractivity (Wildman–Crippen MR) is 144 cm³/mol. The summed E-state index contributed by atoms with van der Waals surface area (Å²) in [5.74, 6) is 2.15. The Morgan fingerprint density at radius 3 is 2.39 bits per heavy atom. The molecule has 1 saturated heterocycles. The minimum atomic E-state index is -3.19. The second-order valence-electron chi connectivity index (χ2n) is 9.12. The van der Waals surface area contributed by atoms with Crippen molar-refractivity contribution >= 4 is 39.0 Å². The molecule has 0 unspecified atom stereocenters. The van der Waals surface area contributed by atoms with Crippen LogP contribution in [-0.4, -0.2) is 69.0 Å². The van der Waals surface area contributed by atoms with Crippen LogP contribution < -0.4 is 9.47 Å². The Balaban J connectivity index is 1.62. The molecule has 198 valence electrons. The first-order chi connectivity index (χ1) is 17.1. The number of ether oxygens (including phenoxy) is 2. The molecule has 1 aliphatic heterocycles. The van der Waals surface area contributed by atoms with Crippen molar-refractivity contribution < 1.29 is 22.7 Å². The highest BCUT2D eigenvalue weighted by atomic mass is 35.5. The number of rotatable bonds is 11. The van der Waals surface area contributed by atoms with Crippen molar-refractivity contribution in [1.82, 2.24) is 9.21 Å². The van der Waals surface area contributed by atoms with E-state index in [1.165, 1.54) is 4.31 Å². The fraction of sp³-hybridized carbons (Fsp3) is 0.500. The monoisotopic (exact) mass is 556 g/mol. The Morgan fingerprint density at radius 1 is 1.08 bits per heavy atom. The molecule has 0 aromatic heterocycles. The van der Waals surface area contributed by atoms with Crippen LogP contribution in [0.5, 0.6) is 17.2 Å². The van der Waals surface area contributed by atoms with Crippen LogP contribution in [0.1, 0.15) is 44.2 Å². The Kier molecular flexibility index (Phi) is 10.1. The maximum atomic E-state index is 12.6. The third kappa shape index (κ3) is 7.13. The van der Waals surface area contributed by atoms with E-state index in [0.717, 1.165) is 16.9 Å². The number of Topliss-reactive ketones (excluding diaryl/α,β-unsaturated/α-hetero) is 1. The number of piperazine rings is 1. The van der Waals surface area contributed by atoms with Crippen LogP contribution in [0.15, 0.2) is 30.3 Å². The Labute approximate surface area is 224 Å². The summed E-state index contributed by atoms with van der Waals surface area (Å²) >= 11 is 13.1. The molecule has 1 heterocycles. The molecule has 0 saturated carbocycles. The summed E-state index contributed by atoms with van der Waals surface area (Å²) in [7, 11) is -1.55. The smallest absolute Gasteiger partial charge is 0.213 e. The van der Waals surface area contributed by atoms with E-state index in [2.05, 4.69) is 13.8 Å². The lowest BCUT2D eigenvalue weighted by Crippen LogP contribution is -2.50. The lowest BCUT2D eigenvalue weighted by molar-refractivity contribution is -0.120. The predicted octanol–water partition coefficient (Wildman–Crippen LogP) is 5.39. The maximum Gasteiger partial charge on any atom is 0.213 e. The molecule has 3 rings (SSSR count). The summed E-state index contributed by atoms with van der Waals surface area (Å²) in [6, 6.07) is 9.11. The highest BCUT2D eigenvalue weighted by molar-refractivity contribution is 7.89. The molecule has 7 nitrogen and oxygen atoms in total. The van der Waals surface area contributed by atoms with Gasteiger partial charge in [-0.25, -0.2) is 8.42 Å². The van der Waals surface area contributed by atoms with Gasteiger partial charge in [0, 0.05) is 38.2 Å². The average Bonchev–Trinajstić information content (AvgIpc) is 2.86. The normalized spacial score (nSPS) is 15.3. The second-order valence-corrected chi connectivity index (χ2v) is 12.2. The molecule has 2 aromatic rings. The number of ketones is 1. The maximum absolute atomic E-state index is 12.6. The summed E-state index contributed by atoms with van der Waals surface area (Å²) in [6.45, 7) is 8.00. The molecule has 1 fully saturated rings. The standard InChI is InChI=1S/C26H34Cl2N2O5S/c1-5-36(32,33)30-14-12-29(13-15-30)17-20(31)8-6-19-7-10-23(27)26(25(19)28)35-21-9-11-24(34-4)22(16-21)18(2)3/h7,9-11,16,18H,5-6,8,12-15,17H2,1-4H3. The van der Waals surface area contributed by atoms with Crippen LogP contribution in [0.2, 0.25) is 10.0 Å². The van der Waals surface area contributed by atoms with E-state index in [4.69, 9.17) is 32.7 Å². The number of methoxy groups -OCH3 is 1. The van der Waals surface area contributed by atoms with Gasteiger partial charge in [0.1, 0.15) is 17.3 Å². The van der Waals surface area contributed by atoms with Crippen molar-refractivity contribution in [3.05, 3.63) is 51.5 Å². The van der Waals surface area contributed by atoms with Crippen molar-refractivity contribution in [3.8, 4) is 17.2 Å². The number of nitrogens with zero attached hydrogens (tertiary/aromatic N) is 2. The Bertz CT molecular complexity index is 1180. The van der Waals surface area contributed by atoms with E-state index < -0.39 is 10.0 Å². The Morgan fingerprint density at radius 2 is 1.78 bits per heavy atom. The summed E-state index contributed by atoms with van der Waals surface area (Å²) < 4.78 is 37.1. The number of hydrogen-bond acceptors (Lipinski definition) is 6. The molecular formula is C26H34Cl2N2O5S. The van der Waals surface area contributed by atoms with Gasteiger partial charge in [-0.2, -0.15) is 4.31 Å². The number of aryl methyl sites for hydroxylation is 1. The van der Waals surface area contributed by atoms with E-state index in [-0.39, 0.29) is 17.5 Å². The van der Waals surface area contributed by atoms with Gasteiger partial charge in [-0.3, -0.25) is 9.69 Å². The van der Waals surface area contributed by atoms with Crippen LogP contribution >= 0.6 is 23.2 Å². The van der Waals surface area contributed by atoms with Gasteiger partial charge in [0.25, 0.3) is 0 Å². The summed E-state index contributed by atoms with van der Waals surface area (Å²) in [5, 5.41) is 0.771. The minimum absolute atomic E-state index is 0.0759. The summed E-state index contributed by atoms with van der Waals surface area (Å²) in [6.07, 6.45) is 0.767. The molecule has 1 aliphatic rings. The first-order valence-electron chi connectivity index (χ1n) is 12.1. The number of benzene rings is 2. The number of carbonyl (C=O) groups excluding carboxylic acids is 1. The first kappa shape index (κ1) is 28.7. The molecule has 0 spiro atoms. The number of halogens is 2. The molecule has 0 amide bonds. The number of carbonyl (C=O) groups is 1. The fourth-order valence-corrected chi connectivity index (χ4v) is 5.78. The van der Waals surface area contributed by atoms with Gasteiger partial charge in [0.15, 0.2) is 5.75 Å². The average molecular weight is 558 g/mol. The second kappa shape index (κ2) is 12.6. The van der Waals surface area contributed by atoms with Gasteiger partial charge >= 0.3 is 0 Å². The van der Waals surface area contributed by atoms with Crippen molar-refractivity contribution in [2.45, 2.75) is 39.5 Å². The third-order valence-corrected chi connectivity index (χ3v) is 8.93. The lowest BCUT2D eigenvalue weighted by Gasteiger charge is -2.33. The molecule has 0 bridgehead atoms. The molecule has 0 aliphatic carbocycles. The third-order valence-electron chi connectivity index (χ3n) is 6.33. The molecule has 0 radical (unpaired) electrons. The van der Waals surface area contributed by atoms with Gasteiger partial charge in [-0.1, -0.05) is 43.1 Å². The molecule has 0 N–H and O–H groups in total. The van der Waals surface area contributed by atoms with Crippen LogP contribution in [-0.2, 0) is 21.2 Å². The van der Waals surface area contributed by atoms with E-state index in [1.54, 1.807) is 26.2 Å². The van der Waals surface area contributed by atoms with E-state index in [9.17, 15) is 13.2 Å². The van der Waals surface area contributed by atoms with Gasteiger partial charge in [0.2, 0.25) is 10.0 Å². The number of sulfonamides is 1. The summed E-state index contributed by atoms with van der Waals surface area (Å²) in [5.41, 5.74) is 1.79. The molecule has 2 aromatic carbocycles. The van der Waals surface area contributed by atoms with Crippen molar-refractivity contribution in [2.75, 3.05) is 45.6 Å². The zero-order valence-electron chi connectivity index (χ0n) is 21.2. The molecule has 0 atom stereocenters. The van der Waals surface area contributed by atoms with Crippen LogP contribution in [0.25, 0.3) is 0 Å². The van der Waals surface area contributed by atoms with E-state index in [1.807, 2.05) is 23.1 Å². The zero-order valence-corrected chi connectivity index (χ0v) is 23.5. The highest BCUT2D eigenvalue weighted by Crippen LogP contribution is 2.40. The van der Waals surface area contributed by atoms with Crippen molar-refractivity contribution in [3.63, 3.8) is 0 Å². The fourth-order valence-electron chi connectivity index (χ4n) is 4.16. The summed E-state index contributed by atoms with van der Waals surface area (Å²) in [4.78, 5) is 14.6. The quantitative estimate of drug-likeness (QED) is 0.369. The van der Waals surface area contributed by atoms with E-state index >= 15 is 0 Å². The van der Waals surface area contributed by atoms with Crippen LogP contribution in [0, 0.1) is 0 Å². The van der Waals surface area contributed by atoms with Gasteiger partial charge < -0.3 is 9.47 Å². The van der Waals surface area contributed by atoms with E-state index in [0.29, 0.717) is 67.1 Å².